The highest BCUT2D eigenvalue weighted by Crippen LogP contribution is 2.37. The van der Waals surface area contributed by atoms with E-state index in [0.717, 1.165) is 22.4 Å². The van der Waals surface area contributed by atoms with Gasteiger partial charge in [-0.3, -0.25) is 4.79 Å². The molecule has 1 amide bonds. The van der Waals surface area contributed by atoms with Gasteiger partial charge in [0.15, 0.2) is 23.9 Å². The maximum Gasteiger partial charge on any atom is 0.260 e. The smallest absolute Gasteiger partial charge is 0.260 e. The molecule has 6 nitrogen and oxygen atoms in total. The lowest BCUT2D eigenvalue weighted by Crippen LogP contribution is -2.31. The molecule has 0 spiro atoms. The lowest BCUT2D eigenvalue weighted by atomic mass is 10.2. The fourth-order valence-corrected chi connectivity index (χ4v) is 3.79. The van der Waals surface area contributed by atoms with Crippen LogP contribution < -0.4 is 14.2 Å². The molecule has 1 aliphatic heterocycles. The van der Waals surface area contributed by atoms with Gasteiger partial charge < -0.3 is 19.1 Å². The van der Waals surface area contributed by atoms with Gasteiger partial charge in [0, 0.05) is 24.7 Å². The van der Waals surface area contributed by atoms with Gasteiger partial charge in [0.05, 0.1) is 10.0 Å². The van der Waals surface area contributed by atoms with Crippen molar-refractivity contribution in [3.05, 3.63) is 57.7 Å². The molecular formula is C22H20Cl2N2O4. The van der Waals surface area contributed by atoms with E-state index in [9.17, 15) is 4.79 Å². The van der Waals surface area contributed by atoms with E-state index in [1.165, 1.54) is 0 Å². The molecule has 30 heavy (non-hydrogen) atoms. The molecule has 0 atom stereocenters. The van der Waals surface area contributed by atoms with Gasteiger partial charge in [-0.25, -0.2) is 4.98 Å². The summed E-state index contributed by atoms with van der Waals surface area (Å²) in [6, 6.07) is 11.0. The Morgan fingerprint density at radius 3 is 2.67 bits per heavy atom. The van der Waals surface area contributed by atoms with Crippen LogP contribution in [0, 0.1) is 6.92 Å². The average Bonchev–Trinajstić information content (AvgIpc) is 2.73. The van der Waals surface area contributed by atoms with Gasteiger partial charge in [0.25, 0.3) is 5.91 Å². The van der Waals surface area contributed by atoms with Gasteiger partial charge in [-0.1, -0.05) is 29.3 Å². The van der Waals surface area contributed by atoms with Crippen LogP contribution in [0.15, 0.2) is 36.4 Å². The Kier molecular flexibility index (Phi) is 5.88. The number of carbonyl (C=O) groups excluding carboxylic acids is 1. The van der Waals surface area contributed by atoms with Crippen molar-refractivity contribution in [1.82, 2.24) is 9.88 Å². The summed E-state index contributed by atoms with van der Waals surface area (Å²) in [4.78, 5) is 18.7. The summed E-state index contributed by atoms with van der Waals surface area (Å²) in [5, 5.41) is 1.52. The molecule has 3 aromatic rings. The molecular weight excluding hydrogens is 427 g/mol. The summed E-state index contributed by atoms with van der Waals surface area (Å²) < 4.78 is 16.9. The number of hydrogen-bond donors (Lipinski definition) is 0. The Morgan fingerprint density at radius 2 is 1.87 bits per heavy atom. The van der Waals surface area contributed by atoms with E-state index >= 15 is 0 Å². The number of carbonyl (C=O) groups is 1. The van der Waals surface area contributed by atoms with Crippen LogP contribution in [0.4, 0.5) is 0 Å². The lowest BCUT2D eigenvalue weighted by molar-refractivity contribution is -0.132. The first-order valence-electron chi connectivity index (χ1n) is 9.43. The Bertz CT molecular complexity index is 1120. The van der Waals surface area contributed by atoms with E-state index in [4.69, 9.17) is 37.4 Å². The number of aryl methyl sites for hydroxylation is 1. The number of aromatic nitrogens is 1. The van der Waals surface area contributed by atoms with Gasteiger partial charge >= 0.3 is 0 Å². The standard InChI is InChI=1S/C22H20Cl2N2O4/c1-13-3-5-15-16(23)10-17(24)22(21(15)25-13)30-12-20(27)26(2)11-14-4-6-18-19(9-14)29-8-7-28-18/h3-6,9-10H,7-8,11-12H2,1-2H3. The minimum absolute atomic E-state index is 0.173. The topological polar surface area (TPSA) is 60.9 Å². The van der Waals surface area contributed by atoms with Crippen molar-refractivity contribution in [1.29, 1.82) is 0 Å². The zero-order chi connectivity index (χ0) is 21.3. The molecule has 0 saturated carbocycles. The second kappa shape index (κ2) is 8.58. The highest BCUT2D eigenvalue weighted by molar-refractivity contribution is 6.39. The van der Waals surface area contributed by atoms with E-state index in [2.05, 4.69) is 4.98 Å². The van der Waals surface area contributed by atoms with Crippen molar-refractivity contribution in [2.45, 2.75) is 13.5 Å². The van der Waals surface area contributed by atoms with Crippen molar-refractivity contribution < 1.29 is 19.0 Å². The van der Waals surface area contributed by atoms with Gasteiger partial charge in [-0.05, 0) is 42.8 Å². The zero-order valence-electron chi connectivity index (χ0n) is 16.6. The number of rotatable bonds is 5. The number of nitrogens with zero attached hydrogens (tertiary/aromatic N) is 2. The summed E-state index contributed by atoms with van der Waals surface area (Å²) in [6.07, 6.45) is 0. The largest absolute Gasteiger partial charge is 0.486 e. The summed E-state index contributed by atoms with van der Waals surface area (Å²) in [6.45, 7) is 3.16. The van der Waals surface area contributed by atoms with Crippen molar-refractivity contribution >= 4 is 40.0 Å². The maximum atomic E-state index is 12.6. The normalized spacial score (nSPS) is 12.7. The second-order valence-electron chi connectivity index (χ2n) is 7.03. The number of halogens is 2. The van der Waals surface area contributed by atoms with E-state index in [1.807, 2.05) is 37.3 Å². The third kappa shape index (κ3) is 4.25. The quantitative estimate of drug-likeness (QED) is 0.570. The van der Waals surface area contributed by atoms with E-state index in [1.54, 1.807) is 18.0 Å². The summed E-state index contributed by atoms with van der Waals surface area (Å²) in [5.41, 5.74) is 2.27. The van der Waals surface area contributed by atoms with Gasteiger partial charge in [0.1, 0.15) is 18.7 Å². The molecule has 156 valence electrons. The molecule has 2 aromatic carbocycles. The van der Waals surface area contributed by atoms with Crippen LogP contribution in [-0.4, -0.2) is 42.7 Å². The predicted octanol–water partition coefficient (Wildman–Crippen LogP) is 4.66. The number of fused-ring (bicyclic) bond motifs is 2. The second-order valence-corrected chi connectivity index (χ2v) is 7.85. The SMILES string of the molecule is Cc1ccc2c(Cl)cc(Cl)c(OCC(=O)N(C)Cc3ccc4c(c3)OCCO4)c2n1. The Morgan fingerprint density at radius 1 is 1.10 bits per heavy atom. The van der Waals surface area contributed by atoms with Crippen LogP contribution in [-0.2, 0) is 11.3 Å². The fourth-order valence-electron chi connectivity index (χ4n) is 3.22. The van der Waals surface area contributed by atoms with Crippen LogP contribution in [0.3, 0.4) is 0 Å². The molecule has 0 fully saturated rings. The molecule has 0 N–H and O–H groups in total. The number of pyridine rings is 1. The third-order valence-corrected chi connectivity index (χ3v) is 5.36. The third-order valence-electron chi connectivity index (χ3n) is 4.77. The van der Waals surface area contributed by atoms with E-state index < -0.39 is 0 Å². The molecule has 8 heteroatoms. The molecule has 0 radical (unpaired) electrons. The van der Waals surface area contributed by atoms with Crippen LogP contribution in [0.5, 0.6) is 17.2 Å². The van der Waals surface area contributed by atoms with Crippen LogP contribution in [0.2, 0.25) is 10.0 Å². The number of hydrogen-bond acceptors (Lipinski definition) is 5. The first kappa shape index (κ1) is 20.6. The Hall–Kier alpha value is -2.70. The summed E-state index contributed by atoms with van der Waals surface area (Å²) in [5.74, 6) is 1.56. The van der Waals surface area contributed by atoms with Crippen molar-refractivity contribution in [3.63, 3.8) is 0 Å². The molecule has 0 bridgehead atoms. The van der Waals surface area contributed by atoms with Crippen LogP contribution in [0.25, 0.3) is 10.9 Å². The van der Waals surface area contributed by atoms with E-state index in [-0.39, 0.29) is 12.5 Å². The molecule has 1 aromatic heterocycles. The predicted molar refractivity (Wildman–Crippen MR) is 116 cm³/mol. The van der Waals surface area contributed by atoms with Crippen LogP contribution >= 0.6 is 23.2 Å². The monoisotopic (exact) mass is 446 g/mol. The highest BCUT2D eigenvalue weighted by atomic mass is 35.5. The van der Waals surface area contributed by atoms with Gasteiger partial charge in [0.2, 0.25) is 0 Å². The molecule has 0 aliphatic carbocycles. The Balaban J connectivity index is 1.46. The van der Waals surface area contributed by atoms with Crippen molar-refractivity contribution in [2.75, 3.05) is 26.9 Å². The Labute approximate surface area is 184 Å². The number of ether oxygens (including phenoxy) is 3. The highest BCUT2D eigenvalue weighted by Gasteiger charge is 2.18. The van der Waals surface area contributed by atoms with Gasteiger partial charge in [-0.15, -0.1) is 0 Å². The summed E-state index contributed by atoms with van der Waals surface area (Å²) in [7, 11) is 1.71. The maximum absolute atomic E-state index is 12.6. The minimum Gasteiger partial charge on any atom is -0.486 e. The van der Waals surface area contributed by atoms with Crippen molar-refractivity contribution in [3.8, 4) is 17.2 Å². The number of benzene rings is 2. The average molecular weight is 447 g/mol. The van der Waals surface area contributed by atoms with E-state index in [0.29, 0.717) is 46.8 Å². The zero-order valence-corrected chi connectivity index (χ0v) is 18.1. The molecule has 4 rings (SSSR count). The van der Waals surface area contributed by atoms with Crippen molar-refractivity contribution in [2.24, 2.45) is 0 Å². The summed E-state index contributed by atoms with van der Waals surface area (Å²) >= 11 is 12.6. The fraction of sp³-hybridized carbons (Fsp3) is 0.273. The molecule has 0 saturated heterocycles. The minimum atomic E-state index is -0.197. The lowest BCUT2D eigenvalue weighted by Gasteiger charge is -2.21. The first-order chi connectivity index (χ1) is 14.4. The van der Waals surface area contributed by atoms with Crippen LogP contribution in [0.1, 0.15) is 11.3 Å². The first-order valence-corrected chi connectivity index (χ1v) is 10.2. The molecule has 1 aliphatic rings. The number of likely N-dealkylation sites (N-methyl/N-ethyl adjacent to an activating group) is 1. The molecule has 0 unspecified atom stereocenters. The van der Waals surface area contributed by atoms with Gasteiger partial charge in [-0.2, -0.15) is 0 Å². The molecule has 2 heterocycles. The number of amides is 1.